The molecule has 0 saturated carbocycles. The first-order valence-electron chi connectivity index (χ1n) is 7.55. The van der Waals surface area contributed by atoms with Gasteiger partial charge in [0, 0.05) is 26.2 Å². The SMILES string of the molecule is CCNc1ccc(C(=O)NCC2CN(CC)CCO2)nc1. The number of nitrogens with one attached hydrogen (secondary N) is 2. The van der Waals surface area contributed by atoms with Gasteiger partial charge in [-0.2, -0.15) is 0 Å². The molecule has 2 heterocycles. The van der Waals surface area contributed by atoms with Crippen molar-refractivity contribution < 1.29 is 9.53 Å². The molecule has 116 valence electrons. The lowest BCUT2D eigenvalue weighted by molar-refractivity contribution is -0.0246. The second-order valence-electron chi connectivity index (χ2n) is 5.06. The van der Waals surface area contributed by atoms with Crippen LogP contribution in [0.2, 0.25) is 0 Å². The second-order valence-corrected chi connectivity index (χ2v) is 5.06. The Balaban J connectivity index is 1.81. The summed E-state index contributed by atoms with van der Waals surface area (Å²) in [6.07, 6.45) is 1.73. The zero-order valence-corrected chi connectivity index (χ0v) is 12.8. The number of morpholine rings is 1. The number of carbonyl (C=O) groups is 1. The van der Waals surface area contributed by atoms with Crippen LogP contribution >= 0.6 is 0 Å². The quantitative estimate of drug-likeness (QED) is 0.817. The standard InChI is InChI=1S/C15H24N4O2/c1-3-16-12-5-6-14(17-9-12)15(20)18-10-13-11-19(4-2)7-8-21-13/h5-6,9,13,16H,3-4,7-8,10-11H2,1-2H3,(H,18,20). The highest BCUT2D eigenvalue weighted by atomic mass is 16.5. The van der Waals surface area contributed by atoms with Gasteiger partial charge in [-0.25, -0.2) is 4.98 Å². The molecule has 1 saturated heterocycles. The van der Waals surface area contributed by atoms with E-state index >= 15 is 0 Å². The molecular weight excluding hydrogens is 268 g/mol. The molecule has 1 fully saturated rings. The Morgan fingerprint density at radius 3 is 3.00 bits per heavy atom. The zero-order valence-electron chi connectivity index (χ0n) is 12.8. The predicted molar refractivity (Wildman–Crippen MR) is 82.6 cm³/mol. The zero-order chi connectivity index (χ0) is 15.1. The first-order chi connectivity index (χ1) is 10.2. The number of rotatable bonds is 6. The topological polar surface area (TPSA) is 66.5 Å². The molecule has 2 N–H and O–H groups in total. The van der Waals surface area contributed by atoms with Crippen molar-refractivity contribution in [3.8, 4) is 0 Å². The fraction of sp³-hybridized carbons (Fsp3) is 0.600. The van der Waals surface area contributed by atoms with Crippen molar-refractivity contribution in [1.29, 1.82) is 0 Å². The van der Waals surface area contributed by atoms with Crippen molar-refractivity contribution in [2.24, 2.45) is 0 Å². The van der Waals surface area contributed by atoms with Gasteiger partial charge in [-0.1, -0.05) is 6.92 Å². The summed E-state index contributed by atoms with van der Waals surface area (Å²) < 4.78 is 5.66. The molecule has 0 aromatic carbocycles. The molecular formula is C15H24N4O2. The fourth-order valence-electron chi connectivity index (χ4n) is 2.33. The molecule has 2 rings (SSSR count). The third-order valence-electron chi connectivity index (χ3n) is 3.54. The van der Waals surface area contributed by atoms with Gasteiger partial charge in [0.05, 0.1) is 24.6 Å². The number of likely N-dealkylation sites (N-methyl/N-ethyl adjacent to an activating group) is 1. The van der Waals surface area contributed by atoms with Crippen molar-refractivity contribution in [3.05, 3.63) is 24.0 Å². The molecule has 0 bridgehead atoms. The highest BCUT2D eigenvalue weighted by Gasteiger charge is 2.20. The van der Waals surface area contributed by atoms with E-state index in [9.17, 15) is 4.79 Å². The van der Waals surface area contributed by atoms with Crippen LogP contribution in [0.1, 0.15) is 24.3 Å². The molecule has 1 aliphatic rings. The third kappa shape index (κ3) is 4.68. The summed E-state index contributed by atoms with van der Waals surface area (Å²) in [6.45, 7) is 9.08. The van der Waals surface area contributed by atoms with Crippen LogP contribution in [0.25, 0.3) is 0 Å². The lowest BCUT2D eigenvalue weighted by Gasteiger charge is -2.32. The smallest absolute Gasteiger partial charge is 0.269 e. The summed E-state index contributed by atoms with van der Waals surface area (Å²) in [4.78, 5) is 18.5. The van der Waals surface area contributed by atoms with Crippen LogP contribution in [0, 0.1) is 0 Å². The minimum atomic E-state index is -0.157. The normalized spacial score (nSPS) is 19.2. The first kappa shape index (κ1) is 15.7. The summed E-state index contributed by atoms with van der Waals surface area (Å²) in [5.41, 5.74) is 1.35. The molecule has 1 aromatic heterocycles. The fourth-order valence-corrected chi connectivity index (χ4v) is 2.33. The van der Waals surface area contributed by atoms with Gasteiger partial charge in [0.25, 0.3) is 5.91 Å². The number of hydrogen-bond donors (Lipinski definition) is 2. The van der Waals surface area contributed by atoms with E-state index in [1.54, 1.807) is 12.3 Å². The predicted octanol–water partition coefficient (Wildman–Crippen LogP) is 0.964. The lowest BCUT2D eigenvalue weighted by atomic mass is 10.2. The van der Waals surface area contributed by atoms with E-state index in [0.717, 1.165) is 38.5 Å². The minimum Gasteiger partial charge on any atom is -0.384 e. The van der Waals surface area contributed by atoms with Crippen LogP contribution < -0.4 is 10.6 Å². The molecule has 0 aliphatic carbocycles. The first-order valence-corrected chi connectivity index (χ1v) is 7.55. The van der Waals surface area contributed by atoms with Crippen LogP contribution in [0.5, 0.6) is 0 Å². The van der Waals surface area contributed by atoms with E-state index in [0.29, 0.717) is 12.2 Å². The number of pyridine rings is 1. The van der Waals surface area contributed by atoms with E-state index in [1.807, 2.05) is 13.0 Å². The van der Waals surface area contributed by atoms with E-state index in [4.69, 9.17) is 4.74 Å². The Kier molecular flexibility index (Phi) is 5.95. The van der Waals surface area contributed by atoms with Gasteiger partial charge in [0.2, 0.25) is 0 Å². The maximum atomic E-state index is 12.0. The Labute approximate surface area is 125 Å². The van der Waals surface area contributed by atoms with Crippen molar-refractivity contribution in [2.45, 2.75) is 20.0 Å². The van der Waals surface area contributed by atoms with Crippen LogP contribution in [0.3, 0.4) is 0 Å². The Hall–Kier alpha value is -1.66. The minimum absolute atomic E-state index is 0.0590. The largest absolute Gasteiger partial charge is 0.384 e. The maximum absolute atomic E-state index is 12.0. The molecule has 6 heteroatoms. The van der Waals surface area contributed by atoms with Gasteiger partial charge in [0.1, 0.15) is 5.69 Å². The van der Waals surface area contributed by atoms with Crippen molar-refractivity contribution in [1.82, 2.24) is 15.2 Å². The van der Waals surface area contributed by atoms with E-state index in [2.05, 4.69) is 27.4 Å². The highest BCUT2D eigenvalue weighted by Crippen LogP contribution is 2.07. The molecule has 6 nitrogen and oxygen atoms in total. The molecule has 1 aliphatic heterocycles. The average molecular weight is 292 g/mol. The Morgan fingerprint density at radius 1 is 1.48 bits per heavy atom. The van der Waals surface area contributed by atoms with Crippen molar-refractivity contribution in [3.63, 3.8) is 0 Å². The molecule has 1 atom stereocenters. The van der Waals surface area contributed by atoms with Gasteiger partial charge < -0.3 is 15.4 Å². The van der Waals surface area contributed by atoms with Crippen molar-refractivity contribution >= 4 is 11.6 Å². The Morgan fingerprint density at radius 2 is 2.33 bits per heavy atom. The number of amides is 1. The van der Waals surface area contributed by atoms with E-state index in [1.165, 1.54) is 0 Å². The molecule has 1 amide bonds. The van der Waals surface area contributed by atoms with E-state index in [-0.39, 0.29) is 12.0 Å². The summed E-state index contributed by atoms with van der Waals surface area (Å²) in [5.74, 6) is -0.157. The summed E-state index contributed by atoms with van der Waals surface area (Å²) in [5, 5.41) is 6.04. The molecule has 1 unspecified atom stereocenters. The van der Waals surface area contributed by atoms with Gasteiger partial charge in [0.15, 0.2) is 0 Å². The summed E-state index contributed by atoms with van der Waals surface area (Å²) >= 11 is 0. The number of anilines is 1. The van der Waals surface area contributed by atoms with Crippen molar-refractivity contribution in [2.75, 3.05) is 44.6 Å². The second kappa shape index (κ2) is 7.95. The van der Waals surface area contributed by atoms with Crippen LogP contribution in [0.4, 0.5) is 5.69 Å². The molecule has 21 heavy (non-hydrogen) atoms. The number of hydrogen-bond acceptors (Lipinski definition) is 5. The highest BCUT2D eigenvalue weighted by molar-refractivity contribution is 5.92. The van der Waals surface area contributed by atoms with Gasteiger partial charge in [-0.15, -0.1) is 0 Å². The van der Waals surface area contributed by atoms with Gasteiger partial charge in [-0.3, -0.25) is 9.69 Å². The Bertz CT molecular complexity index is 449. The monoisotopic (exact) mass is 292 g/mol. The van der Waals surface area contributed by atoms with Gasteiger partial charge >= 0.3 is 0 Å². The number of ether oxygens (including phenoxy) is 1. The van der Waals surface area contributed by atoms with E-state index < -0.39 is 0 Å². The number of carbonyl (C=O) groups excluding carboxylic acids is 1. The van der Waals surface area contributed by atoms with Crippen LogP contribution in [-0.2, 0) is 4.74 Å². The van der Waals surface area contributed by atoms with Crippen LogP contribution in [-0.4, -0.2) is 61.2 Å². The lowest BCUT2D eigenvalue weighted by Crippen LogP contribution is -2.47. The van der Waals surface area contributed by atoms with Crippen LogP contribution in [0.15, 0.2) is 18.3 Å². The number of nitrogens with zero attached hydrogens (tertiary/aromatic N) is 2. The number of aromatic nitrogens is 1. The molecule has 0 spiro atoms. The van der Waals surface area contributed by atoms with Gasteiger partial charge in [-0.05, 0) is 25.6 Å². The molecule has 1 aromatic rings. The maximum Gasteiger partial charge on any atom is 0.269 e. The summed E-state index contributed by atoms with van der Waals surface area (Å²) in [7, 11) is 0. The average Bonchev–Trinajstić information content (AvgIpc) is 2.54. The third-order valence-corrected chi connectivity index (χ3v) is 3.54. The molecule has 0 radical (unpaired) electrons. The summed E-state index contributed by atoms with van der Waals surface area (Å²) in [6, 6.07) is 3.59.